The Labute approximate surface area is 136 Å². The fraction of sp³-hybridized carbons (Fsp3) is 0.0714. The standard InChI is InChI=1S/C14H9BrF2INO/c15-12-4-3-10(18)6-11(12)14(20)19-7-8-1-2-9(16)5-13(8)17/h1-6H,7H2,(H,19,20). The van der Waals surface area contributed by atoms with Crippen LogP contribution in [0.5, 0.6) is 0 Å². The van der Waals surface area contributed by atoms with Gasteiger partial charge in [0, 0.05) is 26.2 Å². The van der Waals surface area contributed by atoms with E-state index in [-0.39, 0.29) is 18.0 Å². The zero-order chi connectivity index (χ0) is 14.7. The van der Waals surface area contributed by atoms with E-state index in [1.54, 1.807) is 12.1 Å². The maximum absolute atomic E-state index is 13.4. The van der Waals surface area contributed by atoms with Crippen molar-refractivity contribution in [3.63, 3.8) is 0 Å². The highest BCUT2D eigenvalue weighted by Crippen LogP contribution is 2.19. The molecule has 2 aromatic rings. The molecular formula is C14H9BrF2INO. The van der Waals surface area contributed by atoms with Gasteiger partial charge in [0.05, 0.1) is 5.56 Å². The Balaban J connectivity index is 2.10. The molecule has 0 saturated carbocycles. The number of benzene rings is 2. The highest BCUT2D eigenvalue weighted by atomic mass is 127. The first-order valence-electron chi connectivity index (χ1n) is 5.64. The van der Waals surface area contributed by atoms with Gasteiger partial charge in [0.25, 0.3) is 5.91 Å². The predicted octanol–water partition coefficient (Wildman–Crippen LogP) is 4.26. The second kappa shape index (κ2) is 6.62. The molecular weight excluding hydrogens is 443 g/mol. The Morgan fingerprint density at radius 1 is 1.20 bits per heavy atom. The Bertz CT molecular complexity index is 664. The van der Waals surface area contributed by atoms with Crippen LogP contribution in [0.25, 0.3) is 0 Å². The number of nitrogens with one attached hydrogen (secondary N) is 1. The van der Waals surface area contributed by atoms with Gasteiger partial charge in [-0.3, -0.25) is 4.79 Å². The maximum atomic E-state index is 13.4. The summed E-state index contributed by atoms with van der Waals surface area (Å²) in [5.41, 5.74) is 0.709. The lowest BCUT2D eigenvalue weighted by molar-refractivity contribution is 0.0950. The number of halogens is 4. The smallest absolute Gasteiger partial charge is 0.252 e. The molecule has 0 aliphatic carbocycles. The first-order valence-corrected chi connectivity index (χ1v) is 7.51. The van der Waals surface area contributed by atoms with Crippen molar-refractivity contribution < 1.29 is 13.6 Å². The van der Waals surface area contributed by atoms with Crippen LogP contribution in [0.4, 0.5) is 8.78 Å². The molecule has 20 heavy (non-hydrogen) atoms. The molecule has 0 spiro atoms. The van der Waals surface area contributed by atoms with Gasteiger partial charge in [0.1, 0.15) is 11.6 Å². The number of rotatable bonds is 3. The molecule has 0 atom stereocenters. The summed E-state index contributed by atoms with van der Waals surface area (Å²) >= 11 is 5.40. The summed E-state index contributed by atoms with van der Waals surface area (Å²) in [5, 5.41) is 2.61. The summed E-state index contributed by atoms with van der Waals surface area (Å²) in [6.45, 7) is 0.00284. The van der Waals surface area contributed by atoms with E-state index in [9.17, 15) is 13.6 Å². The normalized spacial score (nSPS) is 10.4. The van der Waals surface area contributed by atoms with Gasteiger partial charge in [-0.05, 0) is 62.8 Å². The average molecular weight is 452 g/mol. The van der Waals surface area contributed by atoms with E-state index in [1.807, 2.05) is 6.07 Å². The summed E-state index contributed by atoms with van der Waals surface area (Å²) in [5.74, 6) is -1.64. The van der Waals surface area contributed by atoms with Gasteiger partial charge in [0.15, 0.2) is 0 Å². The molecule has 0 aliphatic rings. The van der Waals surface area contributed by atoms with E-state index in [0.717, 1.165) is 15.7 Å². The van der Waals surface area contributed by atoms with Gasteiger partial charge in [-0.15, -0.1) is 0 Å². The number of hydrogen-bond acceptors (Lipinski definition) is 1. The first-order chi connectivity index (χ1) is 9.47. The van der Waals surface area contributed by atoms with Gasteiger partial charge < -0.3 is 5.32 Å². The van der Waals surface area contributed by atoms with Crippen LogP contribution in [0, 0.1) is 15.2 Å². The Hall–Kier alpha value is -1.02. The van der Waals surface area contributed by atoms with Crippen LogP contribution in [0.2, 0.25) is 0 Å². The Kier molecular flexibility index (Phi) is 5.09. The molecule has 0 unspecified atom stereocenters. The third-order valence-electron chi connectivity index (χ3n) is 2.63. The second-order valence-corrected chi connectivity index (χ2v) is 6.14. The molecule has 1 amide bonds. The van der Waals surface area contributed by atoms with E-state index < -0.39 is 11.6 Å². The van der Waals surface area contributed by atoms with E-state index in [4.69, 9.17) is 0 Å². The molecule has 0 radical (unpaired) electrons. The molecule has 0 fully saturated rings. The summed E-state index contributed by atoms with van der Waals surface area (Å²) < 4.78 is 27.8. The zero-order valence-electron chi connectivity index (χ0n) is 10.1. The molecule has 0 bridgehead atoms. The van der Waals surface area contributed by atoms with Crippen LogP contribution >= 0.6 is 38.5 Å². The molecule has 6 heteroatoms. The average Bonchev–Trinajstić information content (AvgIpc) is 2.40. The fourth-order valence-electron chi connectivity index (χ4n) is 1.61. The van der Waals surface area contributed by atoms with Crippen LogP contribution in [-0.4, -0.2) is 5.91 Å². The quantitative estimate of drug-likeness (QED) is 0.694. The van der Waals surface area contributed by atoms with Gasteiger partial charge >= 0.3 is 0 Å². The summed E-state index contributed by atoms with van der Waals surface area (Å²) in [4.78, 5) is 12.0. The number of carbonyl (C=O) groups is 1. The first kappa shape index (κ1) is 15.4. The number of hydrogen-bond donors (Lipinski definition) is 1. The summed E-state index contributed by atoms with van der Waals surface area (Å²) in [6.07, 6.45) is 0. The van der Waals surface area contributed by atoms with E-state index in [2.05, 4.69) is 43.8 Å². The third-order valence-corrected chi connectivity index (χ3v) is 3.99. The Morgan fingerprint density at radius 2 is 1.95 bits per heavy atom. The Morgan fingerprint density at radius 3 is 2.65 bits per heavy atom. The highest BCUT2D eigenvalue weighted by Gasteiger charge is 2.11. The van der Waals surface area contributed by atoms with Gasteiger partial charge in [0.2, 0.25) is 0 Å². The number of carbonyl (C=O) groups excluding carboxylic acids is 1. The monoisotopic (exact) mass is 451 g/mol. The lowest BCUT2D eigenvalue weighted by Gasteiger charge is -2.08. The largest absolute Gasteiger partial charge is 0.348 e. The molecule has 0 heterocycles. The van der Waals surface area contributed by atoms with E-state index in [1.165, 1.54) is 6.07 Å². The van der Waals surface area contributed by atoms with Crippen LogP contribution in [-0.2, 0) is 6.54 Å². The molecule has 104 valence electrons. The van der Waals surface area contributed by atoms with Crippen molar-refractivity contribution in [3.8, 4) is 0 Å². The van der Waals surface area contributed by atoms with Crippen LogP contribution < -0.4 is 5.32 Å². The minimum atomic E-state index is -0.674. The van der Waals surface area contributed by atoms with E-state index in [0.29, 0.717) is 10.0 Å². The van der Waals surface area contributed by atoms with Crippen molar-refractivity contribution in [2.75, 3.05) is 0 Å². The molecule has 1 N–H and O–H groups in total. The summed E-state index contributed by atoms with van der Waals surface area (Å²) in [6, 6.07) is 8.63. The highest BCUT2D eigenvalue weighted by molar-refractivity contribution is 14.1. The molecule has 0 aliphatic heterocycles. The summed E-state index contributed by atoms with van der Waals surface area (Å²) in [7, 11) is 0. The van der Waals surface area contributed by atoms with Crippen molar-refractivity contribution in [2.24, 2.45) is 0 Å². The lowest BCUT2D eigenvalue weighted by atomic mass is 10.2. The molecule has 2 nitrogen and oxygen atoms in total. The van der Waals surface area contributed by atoms with Crippen LogP contribution in [0.3, 0.4) is 0 Å². The molecule has 2 rings (SSSR count). The van der Waals surface area contributed by atoms with Gasteiger partial charge in [-0.2, -0.15) is 0 Å². The SMILES string of the molecule is O=C(NCc1ccc(F)cc1F)c1cc(I)ccc1Br. The second-order valence-electron chi connectivity index (χ2n) is 4.04. The van der Waals surface area contributed by atoms with Crippen molar-refractivity contribution in [1.82, 2.24) is 5.32 Å². The van der Waals surface area contributed by atoms with Crippen molar-refractivity contribution >= 4 is 44.4 Å². The zero-order valence-corrected chi connectivity index (χ0v) is 13.8. The molecule has 0 aromatic heterocycles. The lowest BCUT2D eigenvalue weighted by Crippen LogP contribution is -2.23. The minimum Gasteiger partial charge on any atom is -0.348 e. The van der Waals surface area contributed by atoms with Crippen LogP contribution in [0.1, 0.15) is 15.9 Å². The van der Waals surface area contributed by atoms with Gasteiger partial charge in [-0.25, -0.2) is 8.78 Å². The fourth-order valence-corrected chi connectivity index (χ4v) is 2.53. The number of amides is 1. The minimum absolute atomic E-state index is 0.00284. The predicted molar refractivity (Wildman–Crippen MR) is 84.4 cm³/mol. The third kappa shape index (κ3) is 3.76. The van der Waals surface area contributed by atoms with E-state index >= 15 is 0 Å². The van der Waals surface area contributed by atoms with Crippen LogP contribution in [0.15, 0.2) is 40.9 Å². The maximum Gasteiger partial charge on any atom is 0.252 e. The molecule has 0 saturated heterocycles. The van der Waals surface area contributed by atoms with Crippen molar-refractivity contribution in [2.45, 2.75) is 6.54 Å². The van der Waals surface area contributed by atoms with Gasteiger partial charge in [-0.1, -0.05) is 6.07 Å². The topological polar surface area (TPSA) is 29.1 Å². The molecule has 2 aromatic carbocycles. The van der Waals surface area contributed by atoms with Crippen molar-refractivity contribution in [1.29, 1.82) is 0 Å². The van der Waals surface area contributed by atoms with Crippen molar-refractivity contribution in [3.05, 3.63) is 67.2 Å².